The van der Waals surface area contributed by atoms with Crippen molar-refractivity contribution in [2.45, 2.75) is 36.9 Å². The van der Waals surface area contributed by atoms with E-state index in [0.29, 0.717) is 5.75 Å². The first-order valence-electron chi connectivity index (χ1n) is 7.40. The lowest BCUT2D eigenvalue weighted by Gasteiger charge is -2.03. The summed E-state index contributed by atoms with van der Waals surface area (Å²) in [6, 6.07) is 5.81. The highest BCUT2D eigenvalue weighted by atomic mass is 35.5. The van der Waals surface area contributed by atoms with E-state index >= 15 is 0 Å². The van der Waals surface area contributed by atoms with Crippen LogP contribution in [0.15, 0.2) is 22.5 Å². The second-order valence-corrected chi connectivity index (χ2v) is 7.68. The molecule has 0 amide bonds. The van der Waals surface area contributed by atoms with Gasteiger partial charge in [0.25, 0.3) is 0 Å². The quantitative estimate of drug-likeness (QED) is 0.621. The fourth-order valence-corrected chi connectivity index (χ4v) is 3.84. The zero-order valence-corrected chi connectivity index (χ0v) is 15.6. The second kappa shape index (κ2) is 7.91. The largest absolute Gasteiger partial charge is 0.330 e. The van der Waals surface area contributed by atoms with Crippen molar-refractivity contribution in [2.75, 3.05) is 5.32 Å². The van der Waals surface area contributed by atoms with Crippen LogP contribution in [-0.4, -0.2) is 30.4 Å². The number of hydrogen-bond donors (Lipinski definition) is 1. The normalized spacial score (nSPS) is 11.0. The molecule has 0 radical (unpaired) electrons. The van der Waals surface area contributed by atoms with Crippen molar-refractivity contribution in [1.82, 2.24) is 30.4 Å². The average molecular weight is 382 g/mol. The van der Waals surface area contributed by atoms with Gasteiger partial charge in [-0.3, -0.25) is 0 Å². The van der Waals surface area contributed by atoms with Crippen LogP contribution < -0.4 is 5.32 Å². The number of rotatable bonds is 7. The topological polar surface area (TPSA) is 81.4 Å². The molecule has 24 heavy (non-hydrogen) atoms. The van der Waals surface area contributed by atoms with Crippen molar-refractivity contribution in [3.05, 3.63) is 34.6 Å². The first kappa shape index (κ1) is 17.1. The minimum Gasteiger partial charge on any atom is -0.330 e. The van der Waals surface area contributed by atoms with Crippen LogP contribution in [0.1, 0.15) is 24.7 Å². The van der Waals surface area contributed by atoms with E-state index in [2.05, 4.69) is 38.0 Å². The number of nitrogens with zero attached hydrogens (tertiary/aromatic N) is 6. The summed E-state index contributed by atoms with van der Waals surface area (Å²) in [5.41, 5.74) is 1.94. The number of benzene rings is 1. The van der Waals surface area contributed by atoms with Crippen molar-refractivity contribution >= 4 is 45.5 Å². The van der Waals surface area contributed by atoms with Crippen molar-refractivity contribution in [2.24, 2.45) is 0 Å². The van der Waals surface area contributed by atoms with Gasteiger partial charge in [0, 0.05) is 17.3 Å². The van der Waals surface area contributed by atoms with Crippen molar-refractivity contribution < 1.29 is 0 Å². The molecule has 2 heterocycles. The predicted molar refractivity (Wildman–Crippen MR) is 97.0 cm³/mol. The molecule has 0 aliphatic rings. The Hall–Kier alpha value is -1.71. The van der Waals surface area contributed by atoms with Crippen LogP contribution in [0.2, 0.25) is 5.02 Å². The first-order chi connectivity index (χ1) is 11.7. The van der Waals surface area contributed by atoms with Crippen molar-refractivity contribution in [3.63, 3.8) is 0 Å². The summed E-state index contributed by atoms with van der Waals surface area (Å²) in [6.45, 7) is 4.89. The van der Waals surface area contributed by atoms with E-state index < -0.39 is 0 Å². The van der Waals surface area contributed by atoms with Crippen LogP contribution in [-0.2, 0) is 12.3 Å². The number of aromatic nitrogens is 6. The zero-order valence-electron chi connectivity index (χ0n) is 13.2. The number of nitrogens with one attached hydrogen (secondary N) is 1. The molecular weight excluding hydrogens is 366 g/mol. The molecule has 0 saturated carbocycles. The maximum Gasteiger partial charge on any atom is 0.210 e. The molecule has 0 spiro atoms. The summed E-state index contributed by atoms with van der Waals surface area (Å²) in [6.07, 6.45) is 0.995. The molecule has 0 atom stereocenters. The van der Waals surface area contributed by atoms with Gasteiger partial charge in [-0.05, 0) is 41.5 Å². The summed E-state index contributed by atoms with van der Waals surface area (Å²) in [5, 5.41) is 24.8. The molecule has 0 bridgehead atoms. The molecular formula is C14H16ClN7S2. The van der Waals surface area contributed by atoms with E-state index in [1.54, 1.807) is 11.8 Å². The number of hydrogen-bond acceptors (Lipinski definition) is 8. The molecule has 1 aromatic carbocycles. The molecule has 0 aliphatic heterocycles. The van der Waals surface area contributed by atoms with Gasteiger partial charge in [-0.25, -0.2) is 4.68 Å². The molecule has 0 aliphatic carbocycles. The lowest BCUT2D eigenvalue weighted by Crippen LogP contribution is -2.04. The molecule has 2 aromatic heterocycles. The number of thioether (sulfide) groups is 1. The van der Waals surface area contributed by atoms with Gasteiger partial charge < -0.3 is 5.32 Å². The van der Waals surface area contributed by atoms with Crippen LogP contribution in [0.25, 0.3) is 0 Å². The molecule has 0 saturated heterocycles. The maximum atomic E-state index is 6.13. The van der Waals surface area contributed by atoms with Gasteiger partial charge in [-0.15, -0.1) is 15.3 Å². The Morgan fingerprint density at radius 3 is 2.96 bits per heavy atom. The number of anilines is 2. The monoisotopic (exact) mass is 381 g/mol. The number of aryl methyl sites for hydroxylation is 2. The van der Waals surface area contributed by atoms with E-state index in [1.807, 2.05) is 29.8 Å². The highest BCUT2D eigenvalue weighted by molar-refractivity contribution is 8.00. The molecule has 1 N–H and O–H groups in total. The predicted octanol–water partition coefficient (Wildman–Crippen LogP) is 3.93. The third-order valence-electron chi connectivity index (χ3n) is 3.20. The summed E-state index contributed by atoms with van der Waals surface area (Å²) in [5.74, 6) is 1.51. The van der Waals surface area contributed by atoms with Gasteiger partial charge in [0.05, 0.1) is 5.75 Å². The summed E-state index contributed by atoms with van der Waals surface area (Å²) >= 11 is 9.19. The lowest BCUT2D eigenvalue weighted by atomic mass is 10.2. The van der Waals surface area contributed by atoms with Gasteiger partial charge in [-0.1, -0.05) is 47.7 Å². The van der Waals surface area contributed by atoms with Crippen LogP contribution in [0.4, 0.5) is 10.8 Å². The first-order valence-corrected chi connectivity index (χ1v) is 9.58. The Kier molecular flexibility index (Phi) is 5.64. The second-order valence-electron chi connectivity index (χ2n) is 5.07. The summed E-state index contributed by atoms with van der Waals surface area (Å²) in [7, 11) is 0. The Morgan fingerprint density at radius 2 is 2.17 bits per heavy atom. The van der Waals surface area contributed by atoms with Crippen molar-refractivity contribution in [3.8, 4) is 0 Å². The maximum absolute atomic E-state index is 6.13. The summed E-state index contributed by atoms with van der Waals surface area (Å²) < 4.78 is 2.68. The minimum atomic E-state index is 0.665. The highest BCUT2D eigenvalue weighted by Gasteiger charge is 2.10. The minimum absolute atomic E-state index is 0.665. The fourth-order valence-electron chi connectivity index (χ4n) is 1.95. The Balaban J connectivity index is 1.61. The highest BCUT2D eigenvalue weighted by Crippen LogP contribution is 2.30. The molecule has 3 aromatic rings. The van der Waals surface area contributed by atoms with E-state index in [0.717, 1.165) is 44.5 Å². The third kappa shape index (κ3) is 4.22. The van der Waals surface area contributed by atoms with Crippen molar-refractivity contribution in [1.29, 1.82) is 0 Å². The van der Waals surface area contributed by atoms with E-state index in [-0.39, 0.29) is 0 Å². The zero-order chi connectivity index (χ0) is 16.9. The van der Waals surface area contributed by atoms with E-state index in [4.69, 9.17) is 11.6 Å². The van der Waals surface area contributed by atoms with E-state index in [9.17, 15) is 0 Å². The number of tetrazole rings is 1. The Labute approximate surface area is 152 Å². The van der Waals surface area contributed by atoms with Crippen LogP contribution in [0.5, 0.6) is 0 Å². The lowest BCUT2D eigenvalue weighted by molar-refractivity contribution is 0.564. The van der Waals surface area contributed by atoms with Crippen LogP contribution in [0, 0.1) is 6.92 Å². The van der Waals surface area contributed by atoms with Crippen LogP contribution in [0.3, 0.4) is 0 Å². The van der Waals surface area contributed by atoms with E-state index in [1.165, 1.54) is 11.3 Å². The van der Waals surface area contributed by atoms with Crippen LogP contribution >= 0.6 is 34.7 Å². The standard InChI is InChI=1S/C14H16ClN7S2/c1-3-6-22-12(17-20-21-22)8-23-14-19-18-13(24-14)16-10-5-4-9(2)11(15)7-10/h4-5,7H,3,6,8H2,1-2H3,(H,16,18). The Morgan fingerprint density at radius 1 is 1.29 bits per heavy atom. The van der Waals surface area contributed by atoms with Gasteiger partial charge in [0.2, 0.25) is 5.13 Å². The number of halogens is 1. The van der Waals surface area contributed by atoms with Gasteiger partial charge in [0.1, 0.15) is 0 Å². The molecule has 126 valence electrons. The SMILES string of the molecule is CCCn1nnnc1CSc1nnc(Nc2ccc(C)c(Cl)c2)s1. The Bertz CT molecular complexity index is 817. The molecule has 10 heteroatoms. The third-order valence-corrected chi connectivity index (χ3v) is 5.57. The smallest absolute Gasteiger partial charge is 0.210 e. The molecule has 0 fully saturated rings. The van der Waals surface area contributed by atoms with Gasteiger partial charge >= 0.3 is 0 Å². The average Bonchev–Trinajstić information content (AvgIpc) is 3.19. The molecule has 0 unspecified atom stereocenters. The molecule has 7 nitrogen and oxygen atoms in total. The fraction of sp³-hybridized carbons (Fsp3) is 0.357. The molecule has 3 rings (SSSR count). The summed E-state index contributed by atoms with van der Waals surface area (Å²) in [4.78, 5) is 0. The van der Waals surface area contributed by atoms with Gasteiger partial charge in [-0.2, -0.15) is 0 Å². The van der Waals surface area contributed by atoms with Gasteiger partial charge in [0.15, 0.2) is 10.2 Å².